The molecule has 7 nitrogen and oxygen atoms in total. The summed E-state index contributed by atoms with van der Waals surface area (Å²) in [5, 5.41) is 2.57. The number of carbonyl (C=O) groups excluding carboxylic acids is 2. The predicted molar refractivity (Wildman–Crippen MR) is 97.9 cm³/mol. The molecule has 7 heteroatoms. The molecule has 1 aromatic carbocycles. The molecule has 0 heterocycles. The van der Waals surface area contributed by atoms with Crippen molar-refractivity contribution in [3.8, 4) is 0 Å². The molecule has 0 saturated carbocycles. The molecular formula is C18H29N3O4. The van der Waals surface area contributed by atoms with Crippen LogP contribution in [0, 0.1) is 5.92 Å². The Morgan fingerprint density at radius 3 is 2.32 bits per heavy atom. The lowest BCUT2D eigenvalue weighted by molar-refractivity contribution is -0.147. The van der Waals surface area contributed by atoms with E-state index < -0.39 is 23.7 Å². The molecule has 1 atom stereocenters. The maximum atomic E-state index is 12.4. The van der Waals surface area contributed by atoms with E-state index in [2.05, 4.69) is 5.32 Å². The van der Waals surface area contributed by atoms with E-state index in [1.165, 1.54) is 0 Å². The van der Waals surface area contributed by atoms with Crippen molar-refractivity contribution in [1.82, 2.24) is 5.32 Å². The van der Waals surface area contributed by atoms with E-state index in [1.807, 2.05) is 13.8 Å². The largest absolute Gasteiger partial charge is 0.464 e. The predicted octanol–water partition coefficient (Wildman–Crippen LogP) is 2.49. The molecule has 5 N–H and O–H groups in total. The van der Waals surface area contributed by atoms with Crippen LogP contribution < -0.4 is 16.8 Å². The SMILES string of the molecule is CC(C)COC(=O)[C@H](Cc1ccc(N)c(N)c1)NC(=O)OC(C)(C)C. The lowest BCUT2D eigenvalue weighted by Crippen LogP contribution is -2.45. The minimum absolute atomic E-state index is 0.193. The average Bonchev–Trinajstić information content (AvgIpc) is 2.45. The highest BCUT2D eigenvalue weighted by Gasteiger charge is 2.26. The van der Waals surface area contributed by atoms with Gasteiger partial charge >= 0.3 is 12.1 Å². The summed E-state index contributed by atoms with van der Waals surface area (Å²) < 4.78 is 10.5. The van der Waals surface area contributed by atoms with Crippen LogP contribution in [0.25, 0.3) is 0 Å². The summed E-state index contributed by atoms with van der Waals surface area (Å²) >= 11 is 0. The number of nitrogen functional groups attached to an aromatic ring is 2. The van der Waals surface area contributed by atoms with Crippen LogP contribution in [0.3, 0.4) is 0 Å². The van der Waals surface area contributed by atoms with Gasteiger partial charge in [0.1, 0.15) is 11.6 Å². The molecule has 0 saturated heterocycles. The molecule has 0 fully saturated rings. The van der Waals surface area contributed by atoms with Gasteiger partial charge in [-0.05, 0) is 44.4 Å². The van der Waals surface area contributed by atoms with Crippen molar-refractivity contribution < 1.29 is 19.1 Å². The van der Waals surface area contributed by atoms with Crippen LogP contribution in [-0.2, 0) is 20.7 Å². The molecule has 1 rings (SSSR count). The zero-order valence-corrected chi connectivity index (χ0v) is 15.6. The molecule has 140 valence electrons. The summed E-state index contributed by atoms with van der Waals surface area (Å²) in [6.45, 7) is 9.39. The van der Waals surface area contributed by atoms with Crippen molar-refractivity contribution in [3.63, 3.8) is 0 Å². The molecule has 1 aromatic rings. The number of alkyl carbamates (subject to hydrolysis) is 1. The van der Waals surface area contributed by atoms with Crippen molar-refractivity contribution in [2.75, 3.05) is 18.1 Å². The molecule has 0 aromatic heterocycles. The number of amides is 1. The molecule has 0 bridgehead atoms. The van der Waals surface area contributed by atoms with E-state index >= 15 is 0 Å². The smallest absolute Gasteiger partial charge is 0.408 e. The zero-order valence-electron chi connectivity index (χ0n) is 15.6. The Balaban J connectivity index is 2.87. The highest BCUT2D eigenvalue weighted by Crippen LogP contribution is 2.18. The lowest BCUT2D eigenvalue weighted by Gasteiger charge is -2.23. The Bertz CT molecular complexity index is 609. The second kappa shape index (κ2) is 8.60. The summed E-state index contributed by atoms with van der Waals surface area (Å²) in [7, 11) is 0. The minimum Gasteiger partial charge on any atom is -0.464 e. The van der Waals surface area contributed by atoms with Gasteiger partial charge in [-0.15, -0.1) is 0 Å². The zero-order chi connectivity index (χ0) is 19.2. The van der Waals surface area contributed by atoms with E-state index in [4.69, 9.17) is 20.9 Å². The summed E-state index contributed by atoms with van der Waals surface area (Å²) in [5.74, 6) is -0.326. The first-order valence-electron chi connectivity index (χ1n) is 8.28. The molecule has 0 aliphatic carbocycles. The van der Waals surface area contributed by atoms with Crippen molar-refractivity contribution >= 4 is 23.4 Å². The van der Waals surface area contributed by atoms with Gasteiger partial charge in [0.15, 0.2) is 0 Å². The number of hydrogen-bond donors (Lipinski definition) is 3. The number of rotatable bonds is 6. The summed E-state index contributed by atoms with van der Waals surface area (Å²) in [6.07, 6.45) is -0.455. The minimum atomic E-state index is -0.878. The summed E-state index contributed by atoms with van der Waals surface area (Å²) in [6, 6.07) is 4.21. The molecule has 25 heavy (non-hydrogen) atoms. The quantitative estimate of drug-likeness (QED) is 0.535. The molecule has 1 amide bonds. The highest BCUT2D eigenvalue weighted by atomic mass is 16.6. The Morgan fingerprint density at radius 1 is 1.16 bits per heavy atom. The van der Waals surface area contributed by atoms with Gasteiger partial charge in [0.25, 0.3) is 0 Å². The maximum Gasteiger partial charge on any atom is 0.408 e. The Labute approximate surface area is 149 Å². The fourth-order valence-corrected chi connectivity index (χ4v) is 1.98. The number of nitrogens with one attached hydrogen (secondary N) is 1. The van der Waals surface area contributed by atoms with E-state index in [0.29, 0.717) is 11.4 Å². The van der Waals surface area contributed by atoms with Crippen molar-refractivity contribution in [1.29, 1.82) is 0 Å². The van der Waals surface area contributed by atoms with Gasteiger partial charge in [-0.1, -0.05) is 19.9 Å². The first-order valence-corrected chi connectivity index (χ1v) is 8.28. The fourth-order valence-electron chi connectivity index (χ4n) is 1.98. The molecular weight excluding hydrogens is 322 g/mol. The monoisotopic (exact) mass is 351 g/mol. The molecule has 0 radical (unpaired) electrons. The van der Waals surface area contributed by atoms with Gasteiger partial charge in [-0.2, -0.15) is 0 Å². The van der Waals surface area contributed by atoms with Gasteiger partial charge < -0.3 is 26.3 Å². The average molecular weight is 351 g/mol. The normalized spacial score (nSPS) is 12.6. The van der Waals surface area contributed by atoms with E-state index in [1.54, 1.807) is 39.0 Å². The van der Waals surface area contributed by atoms with Crippen LogP contribution >= 0.6 is 0 Å². The third-order valence-corrected chi connectivity index (χ3v) is 3.13. The second-order valence-corrected chi connectivity index (χ2v) is 7.39. The second-order valence-electron chi connectivity index (χ2n) is 7.39. The topological polar surface area (TPSA) is 117 Å². The number of hydrogen-bond acceptors (Lipinski definition) is 6. The van der Waals surface area contributed by atoms with Gasteiger partial charge in [0, 0.05) is 6.42 Å². The van der Waals surface area contributed by atoms with Gasteiger partial charge in [-0.25, -0.2) is 9.59 Å². The van der Waals surface area contributed by atoms with Gasteiger partial charge in [0.05, 0.1) is 18.0 Å². The lowest BCUT2D eigenvalue weighted by atomic mass is 10.0. The fraction of sp³-hybridized carbons (Fsp3) is 0.556. The number of benzene rings is 1. The Kier molecular flexibility index (Phi) is 7.09. The summed E-state index contributed by atoms with van der Waals surface area (Å²) in [5.41, 5.74) is 12.5. The van der Waals surface area contributed by atoms with Crippen LogP contribution in [0.4, 0.5) is 16.2 Å². The van der Waals surface area contributed by atoms with Crippen LogP contribution in [-0.4, -0.2) is 30.3 Å². The van der Waals surface area contributed by atoms with E-state index in [9.17, 15) is 9.59 Å². The molecule has 0 aliphatic heterocycles. The summed E-state index contributed by atoms with van der Waals surface area (Å²) in [4.78, 5) is 24.4. The molecule has 0 spiro atoms. The van der Waals surface area contributed by atoms with Crippen LogP contribution in [0.15, 0.2) is 18.2 Å². The van der Waals surface area contributed by atoms with Crippen LogP contribution in [0.5, 0.6) is 0 Å². The van der Waals surface area contributed by atoms with E-state index in [0.717, 1.165) is 5.56 Å². The van der Waals surface area contributed by atoms with Crippen LogP contribution in [0.1, 0.15) is 40.2 Å². The molecule has 0 aliphatic rings. The van der Waals surface area contributed by atoms with Crippen molar-refractivity contribution in [2.45, 2.75) is 52.7 Å². The Hall–Kier alpha value is -2.44. The third-order valence-electron chi connectivity index (χ3n) is 3.13. The number of esters is 1. The Morgan fingerprint density at radius 2 is 1.80 bits per heavy atom. The number of ether oxygens (including phenoxy) is 2. The van der Waals surface area contributed by atoms with Gasteiger partial charge in [-0.3, -0.25) is 0 Å². The number of nitrogens with two attached hydrogens (primary N) is 2. The van der Waals surface area contributed by atoms with Crippen LogP contribution in [0.2, 0.25) is 0 Å². The highest BCUT2D eigenvalue weighted by molar-refractivity contribution is 5.82. The first-order chi connectivity index (χ1) is 11.5. The standard InChI is InChI=1S/C18H29N3O4/c1-11(2)10-24-16(22)15(21-17(23)25-18(3,4)5)9-12-6-7-13(19)14(20)8-12/h6-8,11,15H,9-10,19-20H2,1-5H3,(H,21,23)/t15-/m0/s1. The van der Waals surface area contributed by atoms with E-state index in [-0.39, 0.29) is 18.9 Å². The maximum absolute atomic E-state index is 12.4. The third kappa shape index (κ3) is 7.78. The number of anilines is 2. The number of carbonyl (C=O) groups is 2. The van der Waals surface area contributed by atoms with Crippen molar-refractivity contribution in [2.24, 2.45) is 5.92 Å². The van der Waals surface area contributed by atoms with Crippen molar-refractivity contribution in [3.05, 3.63) is 23.8 Å². The van der Waals surface area contributed by atoms with Gasteiger partial charge in [0.2, 0.25) is 0 Å². The molecule has 0 unspecified atom stereocenters. The first kappa shape index (κ1) is 20.6.